The molecule has 7 heteroatoms. The number of aliphatic hydroxyl groups excluding tert-OH is 2. The Morgan fingerprint density at radius 3 is 2.90 bits per heavy atom. The molecule has 0 aromatic heterocycles. The quantitative estimate of drug-likeness (QED) is 0.372. The van der Waals surface area contributed by atoms with Crippen LogP contribution in [0, 0.1) is 0 Å². The molecule has 0 aliphatic rings. The molecule has 6 nitrogen and oxygen atoms in total. The lowest BCUT2D eigenvalue weighted by molar-refractivity contribution is 0.0497. The van der Waals surface area contributed by atoms with Gasteiger partial charge in [-0.05, 0) is 0 Å². The van der Waals surface area contributed by atoms with Crippen LogP contribution in [0.3, 0.4) is 0 Å². The van der Waals surface area contributed by atoms with Crippen molar-refractivity contribution in [1.29, 1.82) is 0 Å². The van der Waals surface area contributed by atoms with Crippen LogP contribution >= 0.6 is 7.75 Å². The molecule has 0 aliphatic heterocycles. The van der Waals surface area contributed by atoms with Crippen LogP contribution in [0.1, 0.15) is 0 Å². The van der Waals surface area contributed by atoms with Crippen LogP contribution in [0.2, 0.25) is 1.41 Å². The highest BCUT2D eigenvalue weighted by atomic mass is 31.2. The molecule has 0 aromatic rings. The van der Waals surface area contributed by atoms with Gasteiger partial charge in [-0.15, -0.1) is 0 Å². The van der Waals surface area contributed by atoms with Gasteiger partial charge in [-0.1, -0.05) is 0 Å². The maximum absolute atomic E-state index is 10.4. The Morgan fingerprint density at radius 1 is 1.90 bits per heavy atom. The Morgan fingerprint density at radius 2 is 2.50 bits per heavy atom. The van der Waals surface area contributed by atoms with Crippen molar-refractivity contribution in [2.75, 3.05) is 13.2 Å². The van der Waals surface area contributed by atoms with E-state index in [1.165, 1.54) is 5.50 Å². The monoisotopic (exact) mass is 172 g/mol. The van der Waals surface area contributed by atoms with Gasteiger partial charge in [0.25, 0.3) is 0 Å². The minimum atomic E-state index is -4.09. The zero-order valence-electron chi connectivity index (χ0n) is 6.10. The summed E-state index contributed by atoms with van der Waals surface area (Å²) in [5.74, 6) is 0. The van der Waals surface area contributed by atoms with Crippen molar-refractivity contribution in [2.24, 2.45) is 5.50 Å². The van der Waals surface area contributed by atoms with Crippen molar-refractivity contribution in [3.05, 3.63) is 0 Å². The fraction of sp³-hybridized carbons (Fsp3) is 1.00. The SMILES string of the molecule is [2H]NP(=O)(O)OC[C@H](O)CO. The van der Waals surface area contributed by atoms with E-state index in [0.29, 0.717) is 0 Å². The van der Waals surface area contributed by atoms with E-state index in [-0.39, 0.29) is 0 Å². The summed E-state index contributed by atoms with van der Waals surface area (Å²) in [6.07, 6.45) is -1.20. The van der Waals surface area contributed by atoms with Gasteiger partial charge in [0.05, 0.1) is 13.2 Å². The third kappa shape index (κ3) is 6.15. The van der Waals surface area contributed by atoms with Gasteiger partial charge in [0, 0.05) is 0 Å². The molecule has 0 fully saturated rings. The Labute approximate surface area is 59.3 Å². The Bertz CT molecular complexity index is 155. The van der Waals surface area contributed by atoms with E-state index in [4.69, 9.17) is 16.5 Å². The van der Waals surface area contributed by atoms with E-state index in [1.807, 2.05) is 0 Å². The first-order valence-electron chi connectivity index (χ1n) is 2.97. The fourth-order valence-corrected chi connectivity index (χ4v) is 0.614. The molecular formula is C3H10NO5P. The van der Waals surface area contributed by atoms with E-state index in [0.717, 1.165) is 0 Å². The Hall–Kier alpha value is 0.0300. The molecule has 1 unspecified atom stereocenters. The summed E-state index contributed by atoms with van der Waals surface area (Å²) in [5.41, 5.74) is 1.27. The van der Waals surface area contributed by atoms with E-state index in [2.05, 4.69) is 4.52 Å². The normalized spacial score (nSPS) is 21.3. The maximum Gasteiger partial charge on any atom is 0.400 e. The molecular weight excluding hydrogens is 161 g/mol. The lowest BCUT2D eigenvalue weighted by atomic mass is 10.4. The van der Waals surface area contributed by atoms with Gasteiger partial charge >= 0.3 is 7.75 Å². The van der Waals surface area contributed by atoms with Crippen LogP contribution in [0.25, 0.3) is 0 Å². The first-order valence-corrected chi connectivity index (χ1v) is 4.05. The minimum absolute atomic E-state index is 0.490. The second kappa shape index (κ2) is 4.02. The van der Waals surface area contributed by atoms with Crippen LogP contribution in [0.15, 0.2) is 0 Å². The summed E-state index contributed by atoms with van der Waals surface area (Å²) >= 11 is 0. The zero-order chi connectivity index (χ0) is 8.91. The van der Waals surface area contributed by atoms with Crippen molar-refractivity contribution in [1.82, 2.24) is 0 Å². The van der Waals surface area contributed by atoms with Crippen LogP contribution < -0.4 is 5.50 Å². The number of rotatable bonds is 5. The Balaban J connectivity index is 3.61. The lowest BCUT2D eigenvalue weighted by Crippen LogP contribution is -2.19. The van der Waals surface area contributed by atoms with Crippen molar-refractivity contribution in [2.45, 2.75) is 6.10 Å². The fourth-order valence-electron chi connectivity index (χ4n) is 0.240. The molecule has 0 heterocycles. The van der Waals surface area contributed by atoms with Crippen LogP contribution in [0.5, 0.6) is 0 Å². The highest BCUT2D eigenvalue weighted by Crippen LogP contribution is 2.30. The molecule has 0 amide bonds. The molecule has 0 bridgehead atoms. The highest BCUT2D eigenvalue weighted by molar-refractivity contribution is 7.50. The van der Waals surface area contributed by atoms with Gasteiger partial charge in [-0.25, -0.2) is 10.1 Å². The lowest BCUT2D eigenvalue weighted by Gasteiger charge is -2.08. The third-order valence-electron chi connectivity index (χ3n) is 0.653. The average molecular weight is 172 g/mol. The summed E-state index contributed by atoms with van der Waals surface area (Å²) in [4.78, 5) is 8.51. The van der Waals surface area contributed by atoms with Crippen LogP contribution in [0.4, 0.5) is 0 Å². The predicted octanol–water partition coefficient (Wildman–Crippen LogP) is -1.58. The standard InChI is InChI=1S/C3H10NO5P/c4-10(7,8)9-2-3(6)1-5/h3,5-6H,1-2H2,(H3,4,7,8)/t3-/m1/s1/i/hD. The summed E-state index contributed by atoms with van der Waals surface area (Å²) in [7, 11) is -4.09. The van der Waals surface area contributed by atoms with Crippen molar-refractivity contribution in [3.63, 3.8) is 0 Å². The summed E-state index contributed by atoms with van der Waals surface area (Å²) in [6.45, 7) is -1.05. The average Bonchev–Trinajstić information content (AvgIpc) is 2.00. The molecule has 10 heavy (non-hydrogen) atoms. The van der Waals surface area contributed by atoms with Gasteiger partial charge in [-0.3, -0.25) is 4.52 Å². The largest absolute Gasteiger partial charge is 0.400 e. The molecule has 0 aromatic carbocycles. The van der Waals surface area contributed by atoms with Crippen molar-refractivity contribution < 1.29 is 25.6 Å². The van der Waals surface area contributed by atoms with E-state index in [9.17, 15) is 4.57 Å². The number of nitrogens with two attached hydrogens (primary N) is 1. The second-order valence-electron chi connectivity index (χ2n) is 1.65. The Kier molecular flexibility index (Phi) is 3.27. The molecule has 0 spiro atoms. The van der Waals surface area contributed by atoms with Gasteiger partial charge in [0.15, 0.2) is 0 Å². The minimum Gasteiger partial charge on any atom is -0.394 e. The second-order valence-corrected chi connectivity index (χ2v) is 2.95. The maximum atomic E-state index is 10.4. The topological polar surface area (TPSA) is 113 Å². The van der Waals surface area contributed by atoms with Gasteiger partial charge in [0.2, 0.25) is 0 Å². The molecule has 0 aliphatic carbocycles. The number of hydrogen-bond acceptors (Lipinski definition) is 4. The van der Waals surface area contributed by atoms with Crippen molar-refractivity contribution >= 4 is 7.75 Å². The summed E-state index contributed by atoms with van der Waals surface area (Å²) in [6, 6.07) is 0. The van der Waals surface area contributed by atoms with Crippen molar-refractivity contribution in [3.8, 4) is 0 Å². The molecule has 0 rings (SSSR count). The summed E-state index contributed by atoms with van der Waals surface area (Å²) in [5, 5.41) is 16.9. The third-order valence-corrected chi connectivity index (χ3v) is 1.15. The molecule has 62 valence electrons. The van der Waals surface area contributed by atoms with E-state index < -0.39 is 27.1 Å². The molecule has 5 N–H and O–H groups in total. The van der Waals surface area contributed by atoms with Gasteiger partial charge < -0.3 is 15.1 Å². The number of hydrogen-bond donors (Lipinski definition) is 4. The van der Waals surface area contributed by atoms with Crippen LogP contribution in [-0.4, -0.2) is 34.4 Å². The van der Waals surface area contributed by atoms with E-state index in [1.54, 1.807) is 0 Å². The summed E-state index contributed by atoms with van der Waals surface area (Å²) < 4.78 is 20.9. The predicted molar refractivity (Wildman–Crippen MR) is 33.1 cm³/mol. The highest BCUT2D eigenvalue weighted by Gasteiger charge is 2.13. The van der Waals surface area contributed by atoms with E-state index >= 15 is 0 Å². The first kappa shape index (κ1) is 8.13. The van der Waals surface area contributed by atoms with Crippen LogP contribution in [-0.2, 0) is 9.09 Å². The molecule has 0 saturated heterocycles. The molecule has 2 atom stereocenters. The van der Waals surface area contributed by atoms with Gasteiger partial charge in [-0.2, -0.15) is 0 Å². The molecule has 0 radical (unpaired) electrons. The molecule has 0 saturated carbocycles. The number of aliphatic hydroxyl groups is 2. The smallest absolute Gasteiger partial charge is 0.394 e. The zero-order valence-corrected chi connectivity index (χ0v) is 5.99. The first-order chi connectivity index (χ1) is 5.02. The van der Waals surface area contributed by atoms with Gasteiger partial charge in [0.1, 0.15) is 7.52 Å².